The average Bonchev–Trinajstić information content (AvgIpc) is 2.82. The van der Waals surface area contributed by atoms with Gasteiger partial charge in [-0.15, -0.1) is 0 Å². The summed E-state index contributed by atoms with van der Waals surface area (Å²) in [6.07, 6.45) is 3.73. The first kappa shape index (κ1) is 14.7. The van der Waals surface area contributed by atoms with Gasteiger partial charge in [-0.1, -0.05) is 22.0 Å². The lowest BCUT2D eigenvalue weighted by atomic mass is 10.2. The number of methoxy groups -OCH3 is 1. The molecule has 0 saturated carbocycles. The van der Waals surface area contributed by atoms with Crippen molar-refractivity contribution in [3.8, 4) is 5.69 Å². The smallest absolute Gasteiger partial charge is 0.0702 e. The number of benzene rings is 1. The van der Waals surface area contributed by atoms with Gasteiger partial charge in [-0.05, 0) is 33.6 Å². The first-order chi connectivity index (χ1) is 9.20. The summed E-state index contributed by atoms with van der Waals surface area (Å²) >= 11 is 6.92. The van der Waals surface area contributed by atoms with Gasteiger partial charge in [-0.2, -0.15) is 5.10 Å². The fourth-order valence-corrected chi connectivity index (χ4v) is 2.36. The molecule has 102 valence electrons. The van der Waals surface area contributed by atoms with E-state index in [1.165, 1.54) is 5.56 Å². The van der Waals surface area contributed by atoms with Crippen molar-refractivity contribution >= 4 is 31.9 Å². The lowest BCUT2D eigenvalue weighted by molar-refractivity contribution is 0.199. The molecular formula is C13H15Br2N3O. The molecule has 4 nitrogen and oxygen atoms in total. The summed E-state index contributed by atoms with van der Waals surface area (Å²) in [6.45, 7) is 2.32. The quantitative estimate of drug-likeness (QED) is 0.772. The zero-order valence-corrected chi connectivity index (χ0v) is 13.7. The van der Waals surface area contributed by atoms with E-state index in [1.54, 1.807) is 13.3 Å². The maximum absolute atomic E-state index is 5.02. The predicted molar refractivity (Wildman–Crippen MR) is 82.5 cm³/mol. The van der Waals surface area contributed by atoms with Gasteiger partial charge in [-0.3, -0.25) is 0 Å². The van der Waals surface area contributed by atoms with Gasteiger partial charge in [0.15, 0.2) is 0 Å². The Morgan fingerprint density at radius 1 is 1.32 bits per heavy atom. The molecule has 19 heavy (non-hydrogen) atoms. The second-order valence-corrected chi connectivity index (χ2v) is 5.88. The van der Waals surface area contributed by atoms with Crippen LogP contribution >= 0.6 is 31.9 Å². The SMILES string of the molecule is COCCNCc1ccc(Br)cc1-n1cc(Br)cn1. The van der Waals surface area contributed by atoms with Crippen molar-refractivity contribution in [3.05, 3.63) is 45.1 Å². The predicted octanol–water partition coefficient (Wildman–Crippen LogP) is 3.13. The highest BCUT2D eigenvalue weighted by Crippen LogP contribution is 2.21. The van der Waals surface area contributed by atoms with Crippen molar-refractivity contribution in [1.82, 2.24) is 15.1 Å². The molecule has 0 aliphatic carbocycles. The van der Waals surface area contributed by atoms with E-state index in [0.29, 0.717) is 6.61 Å². The molecule has 1 aromatic heterocycles. The number of nitrogens with zero attached hydrogens (tertiary/aromatic N) is 2. The van der Waals surface area contributed by atoms with E-state index >= 15 is 0 Å². The lowest BCUT2D eigenvalue weighted by Crippen LogP contribution is -2.19. The fraction of sp³-hybridized carbons (Fsp3) is 0.308. The Hall–Kier alpha value is -0.690. The second kappa shape index (κ2) is 7.19. The number of aromatic nitrogens is 2. The second-order valence-electron chi connectivity index (χ2n) is 4.05. The summed E-state index contributed by atoms with van der Waals surface area (Å²) in [4.78, 5) is 0. The van der Waals surface area contributed by atoms with Gasteiger partial charge >= 0.3 is 0 Å². The molecule has 0 amide bonds. The molecule has 0 spiro atoms. The molecule has 0 aliphatic rings. The molecule has 0 bridgehead atoms. The topological polar surface area (TPSA) is 39.1 Å². The third-order valence-corrected chi connectivity index (χ3v) is 3.55. The van der Waals surface area contributed by atoms with Gasteiger partial charge in [0.05, 0.1) is 23.0 Å². The number of halogens is 2. The minimum atomic E-state index is 0.708. The zero-order valence-electron chi connectivity index (χ0n) is 10.6. The molecule has 1 heterocycles. The van der Waals surface area contributed by atoms with Crippen molar-refractivity contribution in [2.75, 3.05) is 20.3 Å². The van der Waals surface area contributed by atoms with Crippen molar-refractivity contribution < 1.29 is 4.74 Å². The Kier molecular flexibility index (Phi) is 5.57. The van der Waals surface area contributed by atoms with Crippen LogP contribution in [-0.4, -0.2) is 30.0 Å². The first-order valence-electron chi connectivity index (χ1n) is 5.89. The fourth-order valence-electron chi connectivity index (χ4n) is 1.73. The summed E-state index contributed by atoms with van der Waals surface area (Å²) in [5.41, 5.74) is 2.25. The van der Waals surface area contributed by atoms with E-state index in [-0.39, 0.29) is 0 Å². The van der Waals surface area contributed by atoms with Crippen LogP contribution in [-0.2, 0) is 11.3 Å². The molecule has 2 aromatic rings. The monoisotopic (exact) mass is 387 g/mol. The number of hydrogen-bond acceptors (Lipinski definition) is 3. The highest BCUT2D eigenvalue weighted by molar-refractivity contribution is 9.10. The van der Waals surface area contributed by atoms with Gasteiger partial charge in [-0.25, -0.2) is 4.68 Å². The van der Waals surface area contributed by atoms with Gasteiger partial charge in [0.1, 0.15) is 0 Å². The van der Waals surface area contributed by atoms with Crippen LogP contribution in [0.2, 0.25) is 0 Å². The van der Waals surface area contributed by atoms with Gasteiger partial charge < -0.3 is 10.1 Å². The largest absolute Gasteiger partial charge is 0.383 e. The minimum absolute atomic E-state index is 0.708. The van der Waals surface area contributed by atoms with E-state index in [1.807, 2.05) is 16.9 Å². The van der Waals surface area contributed by atoms with Crippen molar-refractivity contribution in [1.29, 1.82) is 0 Å². The molecule has 6 heteroatoms. The molecular weight excluding hydrogens is 374 g/mol. The molecule has 0 atom stereocenters. The van der Waals surface area contributed by atoms with E-state index in [2.05, 4.69) is 54.4 Å². The van der Waals surface area contributed by atoms with E-state index in [4.69, 9.17) is 4.74 Å². The number of ether oxygens (including phenoxy) is 1. The van der Waals surface area contributed by atoms with Crippen molar-refractivity contribution in [2.45, 2.75) is 6.54 Å². The van der Waals surface area contributed by atoms with Gasteiger partial charge in [0, 0.05) is 30.9 Å². The number of nitrogens with one attached hydrogen (secondary N) is 1. The molecule has 1 aromatic carbocycles. The Morgan fingerprint density at radius 2 is 2.16 bits per heavy atom. The molecule has 0 unspecified atom stereocenters. The normalized spacial score (nSPS) is 10.9. The highest BCUT2D eigenvalue weighted by atomic mass is 79.9. The van der Waals surface area contributed by atoms with Crippen LogP contribution < -0.4 is 5.32 Å². The molecule has 0 aliphatic heterocycles. The summed E-state index contributed by atoms with van der Waals surface area (Å²) in [5.74, 6) is 0. The molecule has 2 rings (SSSR count). The minimum Gasteiger partial charge on any atom is -0.383 e. The maximum Gasteiger partial charge on any atom is 0.0702 e. The number of rotatable bonds is 6. The standard InChI is InChI=1S/C13H15Br2N3O/c1-19-5-4-16-7-10-2-3-11(14)6-13(10)18-9-12(15)8-17-18/h2-3,6,8-9,16H,4-5,7H2,1H3. The lowest BCUT2D eigenvalue weighted by Gasteiger charge is -2.11. The third-order valence-electron chi connectivity index (χ3n) is 2.64. The van der Waals surface area contributed by atoms with Crippen molar-refractivity contribution in [2.24, 2.45) is 0 Å². The average molecular weight is 389 g/mol. The zero-order chi connectivity index (χ0) is 13.7. The highest BCUT2D eigenvalue weighted by Gasteiger charge is 2.07. The Balaban J connectivity index is 2.18. The van der Waals surface area contributed by atoms with Crippen LogP contribution in [0.5, 0.6) is 0 Å². The molecule has 1 N–H and O–H groups in total. The Morgan fingerprint density at radius 3 is 2.84 bits per heavy atom. The third kappa shape index (κ3) is 4.14. The van der Waals surface area contributed by atoms with Gasteiger partial charge in [0.2, 0.25) is 0 Å². The molecule has 0 radical (unpaired) electrons. The van der Waals surface area contributed by atoms with Crippen LogP contribution in [0.1, 0.15) is 5.56 Å². The molecule has 0 fully saturated rings. The van der Waals surface area contributed by atoms with Crippen LogP contribution in [0.15, 0.2) is 39.5 Å². The number of hydrogen-bond donors (Lipinski definition) is 1. The van der Waals surface area contributed by atoms with Crippen LogP contribution in [0.25, 0.3) is 5.69 Å². The van der Waals surface area contributed by atoms with Crippen LogP contribution in [0.3, 0.4) is 0 Å². The van der Waals surface area contributed by atoms with E-state index in [0.717, 1.165) is 27.7 Å². The summed E-state index contributed by atoms with van der Waals surface area (Å²) in [7, 11) is 1.70. The summed E-state index contributed by atoms with van der Waals surface area (Å²) in [5, 5.41) is 7.67. The van der Waals surface area contributed by atoms with Gasteiger partial charge in [0.25, 0.3) is 0 Å². The summed E-state index contributed by atoms with van der Waals surface area (Å²) < 4.78 is 8.89. The Bertz CT molecular complexity index is 542. The first-order valence-corrected chi connectivity index (χ1v) is 7.48. The molecule has 0 saturated heterocycles. The van der Waals surface area contributed by atoms with E-state index < -0.39 is 0 Å². The Labute approximate surface area is 129 Å². The van der Waals surface area contributed by atoms with Crippen molar-refractivity contribution in [3.63, 3.8) is 0 Å². The van der Waals surface area contributed by atoms with Crippen LogP contribution in [0.4, 0.5) is 0 Å². The van der Waals surface area contributed by atoms with Crippen LogP contribution in [0, 0.1) is 0 Å². The summed E-state index contributed by atoms with van der Waals surface area (Å²) in [6, 6.07) is 6.19. The van der Waals surface area contributed by atoms with E-state index in [9.17, 15) is 0 Å². The maximum atomic E-state index is 5.02.